The molecule has 0 amide bonds. The minimum absolute atomic E-state index is 0.208. The van der Waals surface area contributed by atoms with Gasteiger partial charge in [-0.15, -0.1) is 0 Å². The van der Waals surface area contributed by atoms with Gasteiger partial charge in [-0.05, 0) is 53.6 Å². The molecule has 6 aromatic rings. The van der Waals surface area contributed by atoms with Gasteiger partial charge in [-0.25, -0.2) is 4.98 Å². The van der Waals surface area contributed by atoms with Gasteiger partial charge in [-0.3, -0.25) is 4.79 Å². The van der Waals surface area contributed by atoms with E-state index in [4.69, 9.17) is 15.5 Å². The van der Waals surface area contributed by atoms with Crippen molar-refractivity contribution in [1.29, 1.82) is 0 Å². The summed E-state index contributed by atoms with van der Waals surface area (Å²) >= 11 is 0. The number of aromatic amines is 1. The lowest BCUT2D eigenvalue weighted by Crippen LogP contribution is -2.11. The zero-order chi connectivity index (χ0) is 24.5. The van der Waals surface area contributed by atoms with Crippen molar-refractivity contribution in [3.8, 4) is 17.0 Å². The van der Waals surface area contributed by atoms with Gasteiger partial charge in [0.1, 0.15) is 18.1 Å². The Labute approximate surface area is 208 Å². The molecular weight excluding hydrogens is 448 g/mol. The molecule has 0 bridgehead atoms. The van der Waals surface area contributed by atoms with Gasteiger partial charge in [0.25, 0.3) is 5.56 Å². The lowest BCUT2D eigenvalue weighted by molar-refractivity contribution is 0.306. The average Bonchev–Trinajstić information content (AvgIpc) is 3.27. The van der Waals surface area contributed by atoms with E-state index in [-0.39, 0.29) is 5.56 Å². The Kier molecular flexibility index (Phi) is 5.71. The number of aromatic nitrogens is 3. The van der Waals surface area contributed by atoms with E-state index < -0.39 is 0 Å². The molecule has 0 atom stereocenters. The van der Waals surface area contributed by atoms with Crippen molar-refractivity contribution in [3.63, 3.8) is 0 Å². The summed E-state index contributed by atoms with van der Waals surface area (Å²) in [6.07, 6.45) is 2.83. The second-order valence-corrected chi connectivity index (χ2v) is 8.96. The fraction of sp³-hybridized carbons (Fsp3) is 0.133. The third-order valence-corrected chi connectivity index (χ3v) is 6.52. The Morgan fingerprint density at radius 3 is 2.50 bits per heavy atom. The van der Waals surface area contributed by atoms with Crippen LogP contribution in [0.4, 0.5) is 0 Å². The lowest BCUT2D eigenvalue weighted by atomic mass is 10.1. The van der Waals surface area contributed by atoms with E-state index in [9.17, 15) is 4.79 Å². The van der Waals surface area contributed by atoms with Crippen LogP contribution in [0.2, 0.25) is 0 Å². The first-order valence-electron chi connectivity index (χ1n) is 12.1. The SMILES string of the molecule is NCCCn1cc(-c2nc3cc4ccccc4cc3[nH]c2=O)c2ccc(OCc3ccccc3)cc21. The monoisotopic (exact) mass is 474 g/mol. The molecule has 0 aliphatic heterocycles. The van der Waals surface area contributed by atoms with Crippen molar-refractivity contribution in [2.45, 2.75) is 19.6 Å². The molecule has 6 rings (SSSR count). The van der Waals surface area contributed by atoms with Crippen molar-refractivity contribution in [2.75, 3.05) is 6.54 Å². The molecule has 0 radical (unpaired) electrons. The highest BCUT2D eigenvalue weighted by molar-refractivity contribution is 5.98. The number of hydrogen-bond donors (Lipinski definition) is 2. The first-order chi connectivity index (χ1) is 17.7. The fourth-order valence-corrected chi connectivity index (χ4v) is 4.69. The molecule has 3 N–H and O–H groups in total. The van der Waals surface area contributed by atoms with Gasteiger partial charge in [-0.1, -0.05) is 54.6 Å². The lowest BCUT2D eigenvalue weighted by Gasteiger charge is -2.08. The Hall–Kier alpha value is -4.42. The molecule has 0 aliphatic rings. The number of rotatable bonds is 7. The second-order valence-electron chi connectivity index (χ2n) is 8.96. The van der Waals surface area contributed by atoms with Crippen molar-refractivity contribution < 1.29 is 4.74 Å². The predicted molar refractivity (Wildman–Crippen MR) is 145 cm³/mol. The molecule has 0 saturated carbocycles. The summed E-state index contributed by atoms with van der Waals surface area (Å²) in [4.78, 5) is 21.1. The number of aryl methyl sites for hydroxylation is 1. The molecule has 2 heterocycles. The highest BCUT2D eigenvalue weighted by atomic mass is 16.5. The van der Waals surface area contributed by atoms with Crippen LogP contribution in [0.5, 0.6) is 5.75 Å². The predicted octanol–water partition coefficient (Wildman–Crippen LogP) is 5.63. The molecular formula is C30H26N4O2. The number of hydrogen-bond acceptors (Lipinski definition) is 4. The highest BCUT2D eigenvalue weighted by Crippen LogP contribution is 2.32. The Morgan fingerprint density at radius 1 is 0.917 bits per heavy atom. The van der Waals surface area contributed by atoms with Crippen molar-refractivity contribution in [1.82, 2.24) is 14.5 Å². The topological polar surface area (TPSA) is 85.9 Å². The third-order valence-electron chi connectivity index (χ3n) is 6.52. The number of H-pyrrole nitrogens is 1. The maximum absolute atomic E-state index is 13.2. The summed E-state index contributed by atoms with van der Waals surface area (Å²) in [5, 5.41) is 3.11. The molecule has 2 aromatic heterocycles. The third kappa shape index (κ3) is 4.12. The Morgan fingerprint density at radius 2 is 1.69 bits per heavy atom. The van der Waals surface area contributed by atoms with E-state index in [2.05, 4.69) is 15.6 Å². The number of nitrogens with zero attached hydrogens (tertiary/aromatic N) is 2. The molecule has 0 spiro atoms. The highest BCUT2D eigenvalue weighted by Gasteiger charge is 2.16. The Balaban J connectivity index is 1.44. The average molecular weight is 475 g/mol. The number of fused-ring (bicyclic) bond motifs is 3. The van der Waals surface area contributed by atoms with Gasteiger partial charge in [-0.2, -0.15) is 0 Å². The van der Waals surface area contributed by atoms with Crippen LogP contribution in [0, 0.1) is 0 Å². The number of nitrogens with two attached hydrogens (primary N) is 1. The van der Waals surface area contributed by atoms with Gasteiger partial charge >= 0.3 is 0 Å². The van der Waals surface area contributed by atoms with Crippen LogP contribution in [-0.2, 0) is 13.2 Å². The summed E-state index contributed by atoms with van der Waals surface area (Å²) < 4.78 is 8.21. The molecule has 4 aromatic carbocycles. The van der Waals surface area contributed by atoms with E-state index in [0.717, 1.165) is 62.6 Å². The number of ether oxygens (including phenoxy) is 1. The molecule has 178 valence electrons. The van der Waals surface area contributed by atoms with Crippen LogP contribution in [0.25, 0.3) is 44.0 Å². The fourth-order valence-electron chi connectivity index (χ4n) is 4.69. The van der Waals surface area contributed by atoms with Gasteiger partial charge in [0.05, 0.1) is 16.6 Å². The van der Waals surface area contributed by atoms with Crippen LogP contribution in [0.15, 0.2) is 95.9 Å². The summed E-state index contributed by atoms with van der Waals surface area (Å²) in [6.45, 7) is 1.81. The smallest absolute Gasteiger partial charge is 0.275 e. The molecule has 6 nitrogen and oxygen atoms in total. The minimum Gasteiger partial charge on any atom is -0.489 e. The first kappa shape index (κ1) is 22.1. The minimum atomic E-state index is -0.208. The van der Waals surface area contributed by atoms with Crippen molar-refractivity contribution >= 4 is 32.7 Å². The normalized spacial score (nSPS) is 11.5. The van der Waals surface area contributed by atoms with Gasteiger partial charge in [0.2, 0.25) is 0 Å². The summed E-state index contributed by atoms with van der Waals surface area (Å²) in [5.74, 6) is 0.775. The van der Waals surface area contributed by atoms with E-state index in [1.165, 1.54) is 0 Å². The van der Waals surface area contributed by atoms with E-state index in [0.29, 0.717) is 18.8 Å². The van der Waals surface area contributed by atoms with Crippen LogP contribution >= 0.6 is 0 Å². The maximum atomic E-state index is 13.2. The van der Waals surface area contributed by atoms with Crippen LogP contribution in [-0.4, -0.2) is 21.1 Å². The quantitative estimate of drug-likeness (QED) is 0.294. The van der Waals surface area contributed by atoms with Gasteiger partial charge in [0, 0.05) is 29.8 Å². The molecule has 0 aliphatic carbocycles. The van der Waals surface area contributed by atoms with Crippen LogP contribution in [0.1, 0.15) is 12.0 Å². The zero-order valence-electron chi connectivity index (χ0n) is 19.8. The molecule has 0 fully saturated rings. The van der Waals surface area contributed by atoms with Gasteiger partial charge in [0.15, 0.2) is 0 Å². The molecule has 0 saturated heterocycles. The van der Waals surface area contributed by atoms with E-state index >= 15 is 0 Å². The summed E-state index contributed by atoms with van der Waals surface area (Å²) in [6, 6.07) is 28.1. The van der Waals surface area contributed by atoms with Crippen LogP contribution < -0.4 is 16.0 Å². The van der Waals surface area contributed by atoms with E-state index in [1.54, 1.807) is 0 Å². The number of benzene rings is 4. The van der Waals surface area contributed by atoms with Crippen molar-refractivity contribution in [3.05, 3.63) is 107 Å². The number of nitrogens with one attached hydrogen (secondary N) is 1. The molecule has 6 heteroatoms. The zero-order valence-corrected chi connectivity index (χ0v) is 19.8. The van der Waals surface area contributed by atoms with Crippen LogP contribution in [0.3, 0.4) is 0 Å². The molecule has 0 unspecified atom stereocenters. The summed E-state index contributed by atoms with van der Waals surface area (Å²) in [5.41, 5.74) is 10.4. The molecule has 36 heavy (non-hydrogen) atoms. The summed E-state index contributed by atoms with van der Waals surface area (Å²) in [7, 11) is 0. The standard InChI is InChI=1S/C30H26N4O2/c31-13-6-14-34-18-25(24-12-11-23(17-28(24)34)36-19-20-7-2-1-3-8-20)29-30(35)33-27-16-22-10-5-4-9-21(22)15-26(27)32-29/h1-5,7-12,15-18H,6,13-14,19,31H2,(H,33,35). The largest absolute Gasteiger partial charge is 0.489 e. The van der Waals surface area contributed by atoms with Gasteiger partial charge < -0.3 is 20.0 Å². The Bertz CT molecular complexity index is 1750. The van der Waals surface area contributed by atoms with E-state index in [1.807, 2.05) is 85.1 Å². The maximum Gasteiger partial charge on any atom is 0.275 e. The second kappa shape index (κ2) is 9.32. The van der Waals surface area contributed by atoms with Crippen molar-refractivity contribution in [2.24, 2.45) is 5.73 Å². The first-order valence-corrected chi connectivity index (χ1v) is 12.1.